The summed E-state index contributed by atoms with van der Waals surface area (Å²) in [6, 6.07) is 7.47. The average Bonchev–Trinajstić information content (AvgIpc) is 2.89. The van der Waals surface area contributed by atoms with Crippen molar-refractivity contribution in [2.24, 2.45) is 0 Å². The molecule has 0 spiro atoms. The van der Waals surface area contributed by atoms with Crippen molar-refractivity contribution in [1.29, 1.82) is 0 Å². The summed E-state index contributed by atoms with van der Waals surface area (Å²) in [7, 11) is 1.63. The quantitative estimate of drug-likeness (QED) is 0.906. The van der Waals surface area contributed by atoms with Crippen LogP contribution >= 0.6 is 0 Å². The number of H-pyrrole nitrogens is 1. The molecule has 0 atom stereocenters. The molecule has 0 aliphatic heterocycles. The van der Waals surface area contributed by atoms with Gasteiger partial charge in [-0.25, -0.2) is 4.98 Å². The molecule has 0 saturated carbocycles. The van der Waals surface area contributed by atoms with E-state index in [4.69, 9.17) is 4.74 Å². The average molecular weight is 288 g/mol. The molecule has 0 bridgehead atoms. The third-order valence-corrected chi connectivity index (χ3v) is 2.89. The zero-order chi connectivity index (χ0) is 15.5. The Kier molecular flexibility index (Phi) is 4.37. The second-order valence-electron chi connectivity index (χ2n) is 5.85. The molecule has 6 heteroatoms. The van der Waals surface area contributed by atoms with Gasteiger partial charge in [-0.2, -0.15) is 0 Å². The van der Waals surface area contributed by atoms with E-state index in [1.54, 1.807) is 7.11 Å². The molecule has 6 nitrogen and oxygen atoms in total. The number of rotatable bonds is 4. The van der Waals surface area contributed by atoms with Gasteiger partial charge in [0.05, 0.1) is 6.61 Å². The van der Waals surface area contributed by atoms with E-state index in [1.807, 2.05) is 45.0 Å². The van der Waals surface area contributed by atoms with E-state index in [9.17, 15) is 4.79 Å². The van der Waals surface area contributed by atoms with Crippen LogP contribution in [0.5, 0.6) is 0 Å². The Morgan fingerprint density at radius 2 is 2.14 bits per heavy atom. The fourth-order valence-corrected chi connectivity index (χ4v) is 1.79. The number of aromatic amines is 1. The maximum absolute atomic E-state index is 12.1. The highest BCUT2D eigenvalue weighted by molar-refractivity contribution is 6.01. The minimum Gasteiger partial charge on any atom is -0.380 e. The van der Waals surface area contributed by atoms with Gasteiger partial charge in [0.15, 0.2) is 0 Å². The van der Waals surface area contributed by atoms with Crippen LogP contribution in [0.2, 0.25) is 0 Å². The molecule has 0 aliphatic rings. The monoisotopic (exact) mass is 288 g/mol. The first-order valence-corrected chi connectivity index (χ1v) is 6.72. The number of hydrogen-bond donors (Lipinski definition) is 2. The lowest BCUT2D eigenvalue weighted by Gasteiger charge is -2.12. The summed E-state index contributed by atoms with van der Waals surface area (Å²) in [4.78, 5) is 16.4. The number of aromatic nitrogens is 3. The zero-order valence-electron chi connectivity index (χ0n) is 12.7. The van der Waals surface area contributed by atoms with E-state index in [1.165, 1.54) is 0 Å². The molecular formula is C15H20N4O2. The summed E-state index contributed by atoms with van der Waals surface area (Å²) in [5.41, 5.74) is 1.50. The summed E-state index contributed by atoms with van der Waals surface area (Å²) >= 11 is 0. The molecule has 112 valence electrons. The fraction of sp³-hybridized carbons (Fsp3) is 0.400. The lowest BCUT2D eigenvalue weighted by atomic mass is 9.96. The van der Waals surface area contributed by atoms with E-state index >= 15 is 0 Å². The SMILES string of the molecule is COCc1cccc(NC(=O)c2n[nH]c(C(C)(C)C)n2)c1. The van der Waals surface area contributed by atoms with Crippen molar-refractivity contribution in [3.05, 3.63) is 41.5 Å². The van der Waals surface area contributed by atoms with Crippen molar-refractivity contribution >= 4 is 11.6 Å². The topological polar surface area (TPSA) is 79.9 Å². The molecular weight excluding hydrogens is 268 g/mol. The van der Waals surface area contributed by atoms with Crippen LogP contribution in [0.15, 0.2) is 24.3 Å². The summed E-state index contributed by atoms with van der Waals surface area (Å²) in [5.74, 6) is 0.481. The highest BCUT2D eigenvalue weighted by Crippen LogP contribution is 2.18. The van der Waals surface area contributed by atoms with Crippen LogP contribution in [0, 0.1) is 0 Å². The minimum atomic E-state index is -0.337. The Balaban J connectivity index is 2.11. The third kappa shape index (κ3) is 3.88. The molecule has 1 aromatic carbocycles. The van der Waals surface area contributed by atoms with Crippen LogP contribution in [0.1, 0.15) is 42.8 Å². The van der Waals surface area contributed by atoms with Gasteiger partial charge < -0.3 is 10.1 Å². The number of benzene rings is 1. The standard InChI is InChI=1S/C15H20N4O2/c1-15(2,3)14-17-12(18-19-14)13(20)16-11-7-5-6-10(8-11)9-21-4/h5-8H,9H2,1-4H3,(H,16,20)(H,17,18,19). The van der Waals surface area contributed by atoms with Gasteiger partial charge >= 0.3 is 0 Å². The third-order valence-electron chi connectivity index (χ3n) is 2.89. The number of carbonyl (C=O) groups is 1. The van der Waals surface area contributed by atoms with Crippen molar-refractivity contribution in [2.75, 3.05) is 12.4 Å². The molecule has 2 aromatic rings. The van der Waals surface area contributed by atoms with Gasteiger partial charge in [0.2, 0.25) is 5.82 Å². The summed E-state index contributed by atoms with van der Waals surface area (Å²) in [6.45, 7) is 6.51. The molecule has 1 aromatic heterocycles. The molecule has 0 fully saturated rings. The number of amides is 1. The normalized spacial score (nSPS) is 11.4. The maximum atomic E-state index is 12.1. The Hall–Kier alpha value is -2.21. The number of methoxy groups -OCH3 is 1. The molecule has 2 rings (SSSR count). The van der Waals surface area contributed by atoms with Crippen molar-refractivity contribution in [2.45, 2.75) is 32.8 Å². The lowest BCUT2D eigenvalue weighted by Crippen LogP contribution is -2.16. The highest BCUT2D eigenvalue weighted by atomic mass is 16.5. The van der Waals surface area contributed by atoms with Crippen LogP contribution in [-0.2, 0) is 16.8 Å². The smallest absolute Gasteiger partial charge is 0.295 e. The predicted octanol–water partition coefficient (Wildman–Crippen LogP) is 2.50. The molecule has 1 heterocycles. The first-order valence-electron chi connectivity index (χ1n) is 6.72. The minimum absolute atomic E-state index is 0.136. The van der Waals surface area contributed by atoms with E-state index < -0.39 is 0 Å². The number of anilines is 1. The van der Waals surface area contributed by atoms with E-state index in [0.29, 0.717) is 18.1 Å². The Morgan fingerprint density at radius 1 is 1.38 bits per heavy atom. The summed E-state index contributed by atoms with van der Waals surface area (Å²) in [6.07, 6.45) is 0. The van der Waals surface area contributed by atoms with E-state index in [0.717, 1.165) is 5.56 Å². The van der Waals surface area contributed by atoms with Crippen molar-refractivity contribution in [1.82, 2.24) is 15.2 Å². The maximum Gasteiger partial charge on any atom is 0.295 e. The second-order valence-corrected chi connectivity index (χ2v) is 5.85. The van der Waals surface area contributed by atoms with E-state index in [-0.39, 0.29) is 17.1 Å². The number of hydrogen-bond acceptors (Lipinski definition) is 4. The molecule has 21 heavy (non-hydrogen) atoms. The highest BCUT2D eigenvalue weighted by Gasteiger charge is 2.21. The van der Waals surface area contributed by atoms with Crippen LogP contribution < -0.4 is 5.32 Å². The number of nitrogens with one attached hydrogen (secondary N) is 2. The van der Waals surface area contributed by atoms with Gasteiger partial charge in [-0.3, -0.25) is 9.89 Å². The largest absolute Gasteiger partial charge is 0.380 e. The molecule has 2 N–H and O–H groups in total. The van der Waals surface area contributed by atoms with Crippen LogP contribution in [-0.4, -0.2) is 28.2 Å². The molecule has 1 amide bonds. The van der Waals surface area contributed by atoms with Crippen LogP contribution in [0.3, 0.4) is 0 Å². The van der Waals surface area contributed by atoms with Crippen molar-refractivity contribution in [3.63, 3.8) is 0 Å². The first kappa shape index (κ1) is 15.2. The molecule has 0 unspecified atom stereocenters. The van der Waals surface area contributed by atoms with Crippen LogP contribution in [0.25, 0.3) is 0 Å². The van der Waals surface area contributed by atoms with Gasteiger partial charge in [-0.1, -0.05) is 32.9 Å². The number of carbonyl (C=O) groups excluding carboxylic acids is 1. The van der Waals surface area contributed by atoms with Gasteiger partial charge in [0, 0.05) is 18.2 Å². The van der Waals surface area contributed by atoms with Crippen LogP contribution in [0.4, 0.5) is 5.69 Å². The van der Waals surface area contributed by atoms with Gasteiger partial charge in [0.25, 0.3) is 5.91 Å². The number of nitrogens with zero attached hydrogens (tertiary/aromatic N) is 2. The second kappa shape index (κ2) is 6.05. The number of ether oxygens (including phenoxy) is 1. The molecule has 0 saturated heterocycles. The fourth-order valence-electron chi connectivity index (χ4n) is 1.79. The van der Waals surface area contributed by atoms with Gasteiger partial charge in [-0.05, 0) is 17.7 Å². The zero-order valence-corrected chi connectivity index (χ0v) is 12.7. The molecule has 0 aliphatic carbocycles. The van der Waals surface area contributed by atoms with Crippen molar-refractivity contribution in [3.8, 4) is 0 Å². The summed E-state index contributed by atoms with van der Waals surface area (Å²) in [5, 5.41) is 9.55. The Morgan fingerprint density at radius 3 is 2.76 bits per heavy atom. The first-order chi connectivity index (χ1) is 9.90. The lowest BCUT2D eigenvalue weighted by molar-refractivity contribution is 0.101. The van der Waals surface area contributed by atoms with Gasteiger partial charge in [-0.15, -0.1) is 5.10 Å². The van der Waals surface area contributed by atoms with Gasteiger partial charge in [0.1, 0.15) is 5.82 Å². The molecule has 0 radical (unpaired) electrons. The Labute approximate surface area is 123 Å². The Bertz CT molecular complexity index is 629. The summed E-state index contributed by atoms with van der Waals surface area (Å²) < 4.78 is 5.07. The predicted molar refractivity (Wildman–Crippen MR) is 80.2 cm³/mol. The van der Waals surface area contributed by atoms with E-state index in [2.05, 4.69) is 20.5 Å². The van der Waals surface area contributed by atoms with Crippen molar-refractivity contribution < 1.29 is 9.53 Å².